The van der Waals surface area contributed by atoms with Gasteiger partial charge in [0, 0.05) is 49.5 Å². The molecule has 424 valence electrons. The van der Waals surface area contributed by atoms with Gasteiger partial charge >= 0.3 is 5.97 Å². The van der Waals surface area contributed by atoms with Crippen LogP contribution in [0, 0.1) is 11.8 Å². The van der Waals surface area contributed by atoms with Gasteiger partial charge in [-0.15, -0.1) is 0 Å². The summed E-state index contributed by atoms with van der Waals surface area (Å²) >= 11 is 0. The molecule has 0 bridgehead atoms. The number of aromatic hydroxyl groups is 1. The number of fused-ring (bicyclic) bond motifs is 1. The summed E-state index contributed by atoms with van der Waals surface area (Å²) in [4.78, 5) is 125. The Balaban J connectivity index is 1.40. The topological polar surface area (TPSA) is 356 Å². The predicted molar refractivity (Wildman–Crippen MR) is 280 cm³/mol. The highest BCUT2D eigenvalue weighted by atomic mass is 16.5. The van der Waals surface area contributed by atoms with Gasteiger partial charge in [0.25, 0.3) is 0 Å². The summed E-state index contributed by atoms with van der Waals surface area (Å²) in [5.41, 5.74) is 1.89. The van der Waals surface area contributed by atoms with Crippen molar-refractivity contribution in [2.24, 2.45) is 11.8 Å². The minimum atomic E-state index is -1.63. The zero-order valence-electron chi connectivity index (χ0n) is 44.6. The van der Waals surface area contributed by atoms with Crippen LogP contribution in [-0.4, -0.2) is 178 Å². The number of carboxylic acid groups (broad SMARTS) is 1. The Morgan fingerprint density at radius 3 is 2.03 bits per heavy atom. The highest BCUT2D eigenvalue weighted by Crippen LogP contribution is 2.22. The number of likely N-dealkylation sites (tertiary alicyclic amines) is 1. The molecule has 77 heavy (non-hydrogen) atoms. The number of nitrogens with one attached hydrogen (secondary N) is 8. The lowest BCUT2D eigenvalue weighted by Crippen LogP contribution is -2.62. The Morgan fingerprint density at radius 2 is 1.38 bits per heavy atom. The molecule has 0 spiro atoms. The molecule has 4 rings (SSSR count). The van der Waals surface area contributed by atoms with Crippen molar-refractivity contribution in [3.8, 4) is 5.75 Å². The van der Waals surface area contributed by atoms with Crippen LogP contribution in [0.25, 0.3) is 10.9 Å². The summed E-state index contributed by atoms with van der Waals surface area (Å²) in [6.45, 7) is 9.39. The van der Waals surface area contributed by atoms with Gasteiger partial charge in [-0.2, -0.15) is 0 Å². The standard InChI is InChI=1S/C53H77N9O15/c1-7-11-43(66)54-19-21-76-22-23-77-29-44(67)56-38(24-30(2)3)48(69)61-46(32(6)64)51(72)60-45(31(4)5)50(71)59-41(28-63)52(73)62-20-10-14-42(62)49(70)57-39(26-34-27-55-37-13-9-8-12-36(34)37)47(68)58-40(53(74)75)25-33-15-17-35(65)18-16-33/h8-9,12-13,15-18,27,30-32,38-42,45-46,55,63-65H,7,10-11,14,19-26,28-29H2,1-6H3,(H,54,66)(H,56,67)(H,57,70)(H,58,68)(H,59,71)(H,60,72)(H,61,69)(H,74,75)/t32-,38+,39+,40+,41+,42+,45+,46+/m1/s1. The minimum Gasteiger partial charge on any atom is -0.508 e. The van der Waals surface area contributed by atoms with Crippen LogP contribution in [-0.2, 0) is 65.5 Å². The number of aliphatic hydroxyl groups is 2. The molecule has 0 saturated carbocycles. The molecule has 12 N–H and O–H groups in total. The van der Waals surface area contributed by atoms with Gasteiger partial charge in [-0.25, -0.2) is 4.79 Å². The number of H-pyrrole nitrogens is 1. The summed E-state index contributed by atoms with van der Waals surface area (Å²) in [5.74, 6) is -7.98. The lowest BCUT2D eigenvalue weighted by atomic mass is 10.0. The number of aliphatic hydroxyl groups excluding tert-OH is 2. The average Bonchev–Trinajstić information content (AvgIpc) is 4.06. The number of phenolic OH excluding ortho intramolecular Hbond substituents is 1. The van der Waals surface area contributed by atoms with E-state index in [-0.39, 0.29) is 69.6 Å². The first-order chi connectivity index (χ1) is 36.6. The summed E-state index contributed by atoms with van der Waals surface area (Å²) < 4.78 is 10.8. The number of aromatic nitrogens is 1. The molecule has 1 fully saturated rings. The van der Waals surface area contributed by atoms with Crippen molar-refractivity contribution < 1.29 is 73.1 Å². The lowest BCUT2D eigenvalue weighted by Gasteiger charge is -2.31. The summed E-state index contributed by atoms with van der Waals surface area (Å²) in [5, 5.41) is 59.8. The zero-order chi connectivity index (χ0) is 56.8. The van der Waals surface area contributed by atoms with E-state index in [0.717, 1.165) is 22.2 Å². The van der Waals surface area contributed by atoms with Gasteiger partial charge < -0.3 is 77.0 Å². The number of carbonyl (C=O) groups excluding carboxylic acids is 8. The maximum Gasteiger partial charge on any atom is 0.326 e. The van der Waals surface area contributed by atoms with E-state index in [2.05, 4.69) is 42.2 Å². The van der Waals surface area contributed by atoms with Crippen LogP contribution in [0.2, 0.25) is 0 Å². The van der Waals surface area contributed by atoms with Crippen molar-refractivity contribution in [3.63, 3.8) is 0 Å². The molecule has 1 aliphatic heterocycles. The third-order valence-electron chi connectivity index (χ3n) is 12.7. The van der Waals surface area contributed by atoms with Crippen LogP contribution in [0.5, 0.6) is 5.75 Å². The van der Waals surface area contributed by atoms with E-state index in [9.17, 15) is 63.6 Å². The molecule has 0 aliphatic carbocycles. The Kier molecular flexibility index (Phi) is 25.3. The molecule has 2 heterocycles. The summed E-state index contributed by atoms with van der Waals surface area (Å²) in [6, 6.07) is 3.28. The number of rotatable bonds is 32. The van der Waals surface area contributed by atoms with E-state index in [4.69, 9.17) is 9.47 Å². The van der Waals surface area contributed by atoms with Gasteiger partial charge in [-0.05, 0) is 73.8 Å². The van der Waals surface area contributed by atoms with Crippen molar-refractivity contribution in [2.75, 3.05) is 46.1 Å². The molecule has 2 aromatic carbocycles. The van der Waals surface area contributed by atoms with Gasteiger partial charge in [-0.3, -0.25) is 38.4 Å². The van der Waals surface area contributed by atoms with E-state index in [1.54, 1.807) is 26.1 Å². The van der Waals surface area contributed by atoms with Crippen molar-refractivity contribution in [1.29, 1.82) is 0 Å². The second kappa shape index (κ2) is 31.2. The number of phenols is 1. The monoisotopic (exact) mass is 1080 g/mol. The lowest BCUT2D eigenvalue weighted by molar-refractivity contribution is -0.144. The van der Waals surface area contributed by atoms with E-state index in [1.165, 1.54) is 31.2 Å². The SMILES string of the molecule is CCCC(=O)NCCOCCOCC(=O)N[C@@H](CC(C)C)C(=O)N[C@H](C(=O)N[C@H](C(=O)N[C@@H](CO)C(=O)N1CCC[C@H]1C(=O)N[C@@H](Cc1c[nH]c2ccccc12)C(=O)N[C@@H](Cc1ccc(O)cc1)C(=O)O)C(C)C)[C@@H](C)O. The number of hydrogen-bond donors (Lipinski definition) is 12. The number of amides is 8. The summed E-state index contributed by atoms with van der Waals surface area (Å²) in [7, 11) is 0. The van der Waals surface area contributed by atoms with Crippen molar-refractivity contribution >= 4 is 64.1 Å². The number of hydrogen-bond acceptors (Lipinski definition) is 14. The molecule has 1 aliphatic rings. The smallest absolute Gasteiger partial charge is 0.326 e. The number of ether oxygens (including phenoxy) is 2. The fourth-order valence-electron chi connectivity index (χ4n) is 8.63. The van der Waals surface area contributed by atoms with E-state index < -0.39 is 115 Å². The Hall–Kier alpha value is -7.15. The zero-order valence-corrected chi connectivity index (χ0v) is 44.6. The maximum absolute atomic E-state index is 14.2. The highest BCUT2D eigenvalue weighted by Gasteiger charge is 2.41. The van der Waals surface area contributed by atoms with Gasteiger partial charge in [0.05, 0.1) is 32.5 Å². The second-order valence-electron chi connectivity index (χ2n) is 19.8. The van der Waals surface area contributed by atoms with E-state index in [0.29, 0.717) is 30.5 Å². The third kappa shape index (κ3) is 19.7. The van der Waals surface area contributed by atoms with Gasteiger partial charge in [0.15, 0.2) is 0 Å². The highest BCUT2D eigenvalue weighted by molar-refractivity contribution is 5.98. The molecule has 24 heteroatoms. The van der Waals surface area contributed by atoms with E-state index >= 15 is 0 Å². The third-order valence-corrected chi connectivity index (χ3v) is 12.7. The van der Waals surface area contributed by atoms with Gasteiger partial charge in [0.2, 0.25) is 47.3 Å². The quantitative estimate of drug-likeness (QED) is 0.0356. The summed E-state index contributed by atoms with van der Waals surface area (Å²) in [6.07, 6.45) is 1.68. The van der Waals surface area contributed by atoms with Crippen molar-refractivity contribution in [3.05, 3.63) is 65.9 Å². The number of carboxylic acids is 1. The van der Waals surface area contributed by atoms with Crippen LogP contribution in [0.3, 0.4) is 0 Å². The largest absolute Gasteiger partial charge is 0.508 e. The first kappa shape index (κ1) is 62.4. The molecule has 3 aromatic rings. The van der Waals surface area contributed by atoms with E-state index in [1.807, 2.05) is 39.0 Å². The first-order valence-electron chi connectivity index (χ1n) is 26.0. The number of para-hydroxylation sites is 1. The normalized spacial score (nSPS) is 16.1. The van der Waals surface area contributed by atoms with Gasteiger partial charge in [0.1, 0.15) is 54.6 Å². The molecule has 0 unspecified atom stereocenters. The van der Waals surface area contributed by atoms with Crippen LogP contribution >= 0.6 is 0 Å². The van der Waals surface area contributed by atoms with Crippen LogP contribution in [0.1, 0.15) is 84.8 Å². The fourth-order valence-corrected chi connectivity index (χ4v) is 8.63. The number of aliphatic carboxylic acids is 1. The predicted octanol–water partition coefficient (Wildman–Crippen LogP) is -0.332. The van der Waals surface area contributed by atoms with Crippen LogP contribution < -0.4 is 37.2 Å². The number of benzene rings is 2. The number of nitrogens with zero attached hydrogens (tertiary/aromatic N) is 1. The van der Waals surface area contributed by atoms with Crippen LogP contribution in [0.4, 0.5) is 0 Å². The van der Waals surface area contributed by atoms with Crippen molar-refractivity contribution in [1.82, 2.24) is 47.1 Å². The number of aromatic amines is 1. The average molecular weight is 1080 g/mol. The molecule has 0 radical (unpaired) electrons. The second-order valence-corrected chi connectivity index (χ2v) is 19.8. The molecule has 1 aromatic heterocycles. The first-order valence-corrected chi connectivity index (χ1v) is 26.0. The number of carbonyl (C=O) groups is 9. The Morgan fingerprint density at radius 1 is 0.727 bits per heavy atom. The molecular weight excluding hydrogens is 1000 g/mol. The van der Waals surface area contributed by atoms with Crippen LogP contribution in [0.15, 0.2) is 54.7 Å². The molecule has 8 amide bonds. The fraction of sp³-hybridized carbons (Fsp3) is 0.566. The molecule has 24 nitrogen and oxygen atoms in total. The molecular formula is C53H77N9O15. The maximum atomic E-state index is 14.2. The minimum absolute atomic E-state index is 0.0267. The Bertz CT molecular complexity index is 2470. The van der Waals surface area contributed by atoms with Gasteiger partial charge in [-0.1, -0.05) is 65.0 Å². The molecule has 8 atom stereocenters. The van der Waals surface area contributed by atoms with Crippen molar-refractivity contribution in [2.45, 2.75) is 135 Å². The molecule has 1 saturated heterocycles. The Labute approximate surface area is 447 Å².